The fourth-order valence-electron chi connectivity index (χ4n) is 2.76. The van der Waals surface area contributed by atoms with Crippen LogP contribution in [0.1, 0.15) is 11.3 Å². The fourth-order valence-corrected chi connectivity index (χ4v) is 3.64. The third-order valence-electron chi connectivity index (χ3n) is 4.33. The van der Waals surface area contributed by atoms with Crippen molar-refractivity contribution in [3.63, 3.8) is 0 Å². The number of carbonyl (C=O) groups excluding carboxylic acids is 1. The molecule has 0 saturated heterocycles. The van der Waals surface area contributed by atoms with Crippen LogP contribution < -0.4 is 14.4 Å². The summed E-state index contributed by atoms with van der Waals surface area (Å²) in [7, 11) is -3.57. The summed E-state index contributed by atoms with van der Waals surface area (Å²) in [5.74, 6) is -0.268. The summed E-state index contributed by atoms with van der Waals surface area (Å²) in [6.07, 6.45) is 2.75. The Morgan fingerprint density at radius 2 is 1.77 bits per heavy atom. The first kappa shape index (κ1) is 22.2. The van der Waals surface area contributed by atoms with E-state index in [0.29, 0.717) is 23.5 Å². The molecule has 0 aliphatic heterocycles. The van der Waals surface area contributed by atoms with E-state index in [-0.39, 0.29) is 24.9 Å². The maximum Gasteiger partial charge on any atom is 0.258 e. The minimum atomic E-state index is -3.57. The second kappa shape index (κ2) is 10.0. The topological polar surface area (TPSA) is 88.6 Å². The number of carbonyl (C=O) groups is 1. The van der Waals surface area contributed by atoms with E-state index in [1.807, 2.05) is 6.07 Å². The Bertz CT molecular complexity index is 1110. The van der Waals surface area contributed by atoms with Crippen molar-refractivity contribution < 1.29 is 22.3 Å². The van der Waals surface area contributed by atoms with Gasteiger partial charge in [0.15, 0.2) is 6.61 Å². The largest absolute Gasteiger partial charge is 0.484 e. The Hall–Kier alpha value is -3.46. The molecule has 0 aliphatic rings. The highest BCUT2D eigenvalue weighted by molar-refractivity contribution is 7.92. The van der Waals surface area contributed by atoms with Crippen molar-refractivity contribution in [1.29, 1.82) is 0 Å². The van der Waals surface area contributed by atoms with E-state index in [2.05, 4.69) is 10.3 Å². The van der Waals surface area contributed by atoms with Crippen LogP contribution >= 0.6 is 0 Å². The molecule has 0 spiro atoms. The lowest BCUT2D eigenvalue weighted by Crippen LogP contribution is -2.29. The van der Waals surface area contributed by atoms with Crippen molar-refractivity contribution in [1.82, 2.24) is 10.3 Å². The van der Waals surface area contributed by atoms with Crippen LogP contribution in [0.3, 0.4) is 0 Å². The standard InChI is InChI=1S/C22H22FN3O4S/c1-31(28,29)26(15-17-5-7-18(23)8-6-17)20-9-11-21(12-10-20)30-16-22(27)25-14-19-4-2-3-13-24-19/h2-13H,14-16H2,1H3,(H,25,27). The second-order valence-electron chi connectivity index (χ2n) is 6.78. The minimum absolute atomic E-state index is 0.0647. The quantitative estimate of drug-likeness (QED) is 0.549. The van der Waals surface area contributed by atoms with E-state index in [9.17, 15) is 17.6 Å². The summed E-state index contributed by atoms with van der Waals surface area (Å²) in [5.41, 5.74) is 1.82. The van der Waals surface area contributed by atoms with Crippen molar-refractivity contribution in [2.45, 2.75) is 13.1 Å². The molecule has 31 heavy (non-hydrogen) atoms. The van der Waals surface area contributed by atoms with Crippen LogP contribution in [0.2, 0.25) is 0 Å². The first-order valence-electron chi connectivity index (χ1n) is 9.43. The van der Waals surface area contributed by atoms with Gasteiger partial charge in [-0.25, -0.2) is 12.8 Å². The number of aromatic nitrogens is 1. The van der Waals surface area contributed by atoms with Gasteiger partial charge in [0.25, 0.3) is 5.91 Å². The zero-order valence-corrected chi connectivity index (χ0v) is 17.7. The monoisotopic (exact) mass is 443 g/mol. The maximum atomic E-state index is 13.1. The first-order valence-corrected chi connectivity index (χ1v) is 11.3. The molecule has 0 atom stereocenters. The molecule has 0 bridgehead atoms. The molecule has 9 heteroatoms. The van der Waals surface area contributed by atoms with Crippen LogP contribution in [-0.2, 0) is 27.9 Å². The second-order valence-corrected chi connectivity index (χ2v) is 8.68. The first-order chi connectivity index (χ1) is 14.8. The van der Waals surface area contributed by atoms with Crippen LogP contribution in [0.5, 0.6) is 5.75 Å². The van der Waals surface area contributed by atoms with Crippen molar-refractivity contribution in [3.8, 4) is 5.75 Å². The Balaban J connectivity index is 1.59. The lowest BCUT2D eigenvalue weighted by atomic mass is 10.2. The summed E-state index contributed by atoms with van der Waals surface area (Å²) in [6.45, 7) is 0.182. The summed E-state index contributed by atoms with van der Waals surface area (Å²) >= 11 is 0. The summed E-state index contributed by atoms with van der Waals surface area (Å²) in [6, 6.07) is 17.4. The van der Waals surface area contributed by atoms with Gasteiger partial charge in [-0.3, -0.25) is 14.1 Å². The average Bonchev–Trinajstić information content (AvgIpc) is 2.76. The van der Waals surface area contributed by atoms with E-state index >= 15 is 0 Å². The molecule has 0 fully saturated rings. The lowest BCUT2D eigenvalue weighted by Gasteiger charge is -2.22. The van der Waals surface area contributed by atoms with Gasteiger partial charge in [0, 0.05) is 6.20 Å². The number of halogens is 1. The van der Waals surface area contributed by atoms with Gasteiger partial charge in [0.05, 0.1) is 30.7 Å². The molecule has 3 aromatic rings. The molecular weight excluding hydrogens is 421 g/mol. The van der Waals surface area contributed by atoms with E-state index in [1.165, 1.54) is 28.6 Å². The molecule has 0 radical (unpaired) electrons. The summed E-state index contributed by atoms with van der Waals surface area (Å²) < 4.78 is 44.3. The van der Waals surface area contributed by atoms with Gasteiger partial charge in [-0.2, -0.15) is 0 Å². The number of sulfonamides is 1. The van der Waals surface area contributed by atoms with Crippen molar-refractivity contribution in [2.24, 2.45) is 0 Å². The van der Waals surface area contributed by atoms with Gasteiger partial charge in [-0.05, 0) is 54.1 Å². The SMILES string of the molecule is CS(=O)(=O)N(Cc1ccc(F)cc1)c1ccc(OCC(=O)NCc2ccccn2)cc1. The Kier molecular flexibility index (Phi) is 7.19. The van der Waals surface area contributed by atoms with Gasteiger partial charge in [0.2, 0.25) is 10.0 Å². The molecule has 2 aromatic carbocycles. The number of anilines is 1. The molecule has 1 heterocycles. The van der Waals surface area contributed by atoms with Crippen LogP contribution in [-0.4, -0.2) is 32.2 Å². The highest BCUT2D eigenvalue weighted by Crippen LogP contribution is 2.23. The number of benzene rings is 2. The van der Waals surface area contributed by atoms with Crippen molar-refractivity contribution in [3.05, 3.63) is 90.0 Å². The number of hydrogen-bond donors (Lipinski definition) is 1. The number of hydrogen-bond acceptors (Lipinski definition) is 5. The van der Waals surface area contributed by atoms with E-state index in [0.717, 1.165) is 11.9 Å². The Morgan fingerprint density at radius 3 is 2.39 bits per heavy atom. The number of pyridine rings is 1. The van der Waals surface area contributed by atoms with Gasteiger partial charge < -0.3 is 10.1 Å². The minimum Gasteiger partial charge on any atom is -0.484 e. The third kappa shape index (κ3) is 6.78. The van der Waals surface area contributed by atoms with Crippen LogP contribution in [0.25, 0.3) is 0 Å². The van der Waals surface area contributed by atoms with Gasteiger partial charge in [-0.1, -0.05) is 18.2 Å². The molecular formula is C22H22FN3O4S. The lowest BCUT2D eigenvalue weighted by molar-refractivity contribution is -0.123. The third-order valence-corrected chi connectivity index (χ3v) is 5.47. The molecule has 1 amide bonds. The normalized spacial score (nSPS) is 11.0. The molecule has 0 saturated carbocycles. The molecule has 162 valence electrons. The highest BCUT2D eigenvalue weighted by Gasteiger charge is 2.18. The Labute approximate surface area is 180 Å². The van der Waals surface area contributed by atoms with E-state index in [4.69, 9.17) is 4.74 Å². The molecule has 1 N–H and O–H groups in total. The summed E-state index contributed by atoms with van der Waals surface area (Å²) in [5, 5.41) is 2.71. The van der Waals surface area contributed by atoms with Gasteiger partial charge >= 0.3 is 0 Å². The fraction of sp³-hybridized carbons (Fsp3) is 0.182. The number of ether oxygens (including phenoxy) is 1. The average molecular weight is 444 g/mol. The van der Waals surface area contributed by atoms with E-state index < -0.39 is 10.0 Å². The highest BCUT2D eigenvalue weighted by atomic mass is 32.2. The number of amides is 1. The van der Waals surface area contributed by atoms with Crippen molar-refractivity contribution in [2.75, 3.05) is 17.2 Å². The molecule has 0 unspecified atom stereocenters. The number of nitrogens with zero attached hydrogens (tertiary/aromatic N) is 2. The number of rotatable bonds is 9. The number of nitrogens with one attached hydrogen (secondary N) is 1. The predicted octanol–water partition coefficient (Wildman–Crippen LogP) is 2.88. The Morgan fingerprint density at radius 1 is 1.06 bits per heavy atom. The molecule has 7 nitrogen and oxygen atoms in total. The maximum absolute atomic E-state index is 13.1. The van der Waals surface area contributed by atoms with Crippen LogP contribution in [0.4, 0.5) is 10.1 Å². The summed E-state index contributed by atoms with van der Waals surface area (Å²) in [4.78, 5) is 16.1. The smallest absolute Gasteiger partial charge is 0.258 e. The molecule has 1 aromatic heterocycles. The molecule has 0 aliphatic carbocycles. The predicted molar refractivity (Wildman–Crippen MR) is 115 cm³/mol. The van der Waals surface area contributed by atoms with E-state index in [1.54, 1.807) is 42.6 Å². The van der Waals surface area contributed by atoms with Crippen LogP contribution in [0.15, 0.2) is 72.9 Å². The zero-order valence-electron chi connectivity index (χ0n) is 16.9. The van der Waals surface area contributed by atoms with Crippen LogP contribution in [0, 0.1) is 5.82 Å². The zero-order chi connectivity index (χ0) is 22.3. The van der Waals surface area contributed by atoms with Crippen molar-refractivity contribution >= 4 is 21.6 Å². The molecule has 3 rings (SSSR count). The van der Waals surface area contributed by atoms with Gasteiger partial charge in [-0.15, -0.1) is 0 Å². The van der Waals surface area contributed by atoms with Gasteiger partial charge in [0.1, 0.15) is 11.6 Å².